The van der Waals surface area contributed by atoms with Crippen molar-refractivity contribution in [1.29, 1.82) is 5.26 Å². The number of halogens is 1. The van der Waals surface area contributed by atoms with E-state index < -0.39 is 17.8 Å². The lowest BCUT2D eigenvalue weighted by Gasteiger charge is -2.20. The highest BCUT2D eigenvalue weighted by Gasteiger charge is 2.32. The molecule has 2 aromatic heterocycles. The summed E-state index contributed by atoms with van der Waals surface area (Å²) in [6.45, 7) is 0. The molecule has 0 saturated carbocycles. The lowest BCUT2D eigenvalue weighted by atomic mass is 9.85. The van der Waals surface area contributed by atoms with Gasteiger partial charge in [0.25, 0.3) is 5.91 Å². The van der Waals surface area contributed by atoms with Gasteiger partial charge in [0.05, 0.1) is 11.5 Å². The van der Waals surface area contributed by atoms with Crippen LogP contribution in [-0.2, 0) is 11.2 Å². The Morgan fingerprint density at radius 1 is 1.50 bits per heavy atom. The summed E-state index contributed by atoms with van der Waals surface area (Å²) in [5.74, 6) is -1.86. The van der Waals surface area contributed by atoms with Crippen LogP contribution in [0.4, 0.5) is 9.39 Å². The third kappa shape index (κ3) is 2.86. The van der Waals surface area contributed by atoms with Crippen molar-refractivity contribution in [2.75, 3.05) is 5.73 Å². The summed E-state index contributed by atoms with van der Waals surface area (Å²) in [5, 5.41) is 9.73. The number of nitrogens with zero attached hydrogens (tertiary/aromatic N) is 3. The standard InChI is InChI=1S/C16H14FN5OS/c17-12-6-2-4-10(21-12)14(19)22-16(23)8-3-1-5-11-13(8)9(7-18)15(20)24-11/h2,4,6,8H,1,3,5,20H2,(H2,19,22,23)/t8-/m0/s1. The van der Waals surface area contributed by atoms with Crippen molar-refractivity contribution < 1.29 is 9.18 Å². The molecule has 1 aliphatic carbocycles. The van der Waals surface area contributed by atoms with Crippen LogP contribution in [0.3, 0.4) is 0 Å². The second kappa shape index (κ2) is 6.37. The van der Waals surface area contributed by atoms with Gasteiger partial charge in [0, 0.05) is 4.88 Å². The lowest BCUT2D eigenvalue weighted by molar-refractivity contribution is -0.119. The molecule has 0 bridgehead atoms. The molecule has 2 heterocycles. The number of rotatable bonds is 2. The number of fused-ring (bicyclic) bond motifs is 1. The third-order valence-electron chi connectivity index (χ3n) is 3.91. The van der Waals surface area contributed by atoms with Crippen LogP contribution in [-0.4, -0.2) is 16.7 Å². The SMILES string of the molecule is N#Cc1c(N)sc2c1[C@@H](C(=O)N=C(N)c1cccc(F)n1)CCC2. The number of anilines is 1. The molecule has 0 aromatic carbocycles. The molecule has 4 N–H and O–H groups in total. The third-order valence-corrected chi connectivity index (χ3v) is 5.01. The summed E-state index contributed by atoms with van der Waals surface area (Å²) in [5.41, 5.74) is 12.8. The lowest BCUT2D eigenvalue weighted by Crippen LogP contribution is -2.22. The van der Waals surface area contributed by atoms with E-state index in [9.17, 15) is 14.4 Å². The fourth-order valence-corrected chi connectivity index (χ4v) is 3.97. The summed E-state index contributed by atoms with van der Waals surface area (Å²) in [7, 11) is 0. The van der Waals surface area contributed by atoms with Crippen LogP contribution in [0.25, 0.3) is 0 Å². The Labute approximate surface area is 141 Å². The number of hydrogen-bond donors (Lipinski definition) is 2. The maximum Gasteiger partial charge on any atom is 0.255 e. The van der Waals surface area contributed by atoms with Gasteiger partial charge >= 0.3 is 0 Å². The Morgan fingerprint density at radius 2 is 2.29 bits per heavy atom. The highest BCUT2D eigenvalue weighted by Crippen LogP contribution is 2.42. The van der Waals surface area contributed by atoms with E-state index in [0.717, 1.165) is 17.7 Å². The second-order valence-electron chi connectivity index (χ2n) is 5.42. The first-order valence-corrected chi connectivity index (χ1v) is 8.15. The number of nitrogen functional groups attached to an aromatic ring is 1. The van der Waals surface area contributed by atoms with Gasteiger partial charge in [0.1, 0.15) is 16.8 Å². The van der Waals surface area contributed by atoms with E-state index in [2.05, 4.69) is 16.0 Å². The average molecular weight is 343 g/mol. The number of nitrogens with two attached hydrogens (primary N) is 2. The first-order chi connectivity index (χ1) is 11.5. The van der Waals surface area contributed by atoms with Crippen LogP contribution < -0.4 is 11.5 Å². The molecule has 0 spiro atoms. The van der Waals surface area contributed by atoms with Crippen LogP contribution in [0.5, 0.6) is 0 Å². The molecule has 6 nitrogen and oxygen atoms in total. The van der Waals surface area contributed by atoms with Gasteiger partial charge in [-0.3, -0.25) is 4.79 Å². The number of hydrogen-bond acceptors (Lipinski definition) is 5. The fourth-order valence-electron chi connectivity index (χ4n) is 2.84. The number of nitriles is 1. The summed E-state index contributed by atoms with van der Waals surface area (Å²) < 4.78 is 13.2. The summed E-state index contributed by atoms with van der Waals surface area (Å²) in [4.78, 5) is 21.0. The van der Waals surface area contributed by atoms with Crippen molar-refractivity contribution in [3.8, 4) is 6.07 Å². The second-order valence-corrected chi connectivity index (χ2v) is 6.55. The number of aromatic nitrogens is 1. The Balaban J connectivity index is 1.95. The maximum absolute atomic E-state index is 13.2. The zero-order chi connectivity index (χ0) is 17.3. The Hall–Kier alpha value is -2.79. The van der Waals surface area contributed by atoms with E-state index in [1.54, 1.807) is 0 Å². The minimum absolute atomic E-state index is 0.102. The predicted octanol–water partition coefficient (Wildman–Crippen LogP) is 2.09. The van der Waals surface area contributed by atoms with Gasteiger partial charge in [-0.15, -0.1) is 11.3 Å². The Morgan fingerprint density at radius 3 is 3.00 bits per heavy atom. The molecule has 1 atom stereocenters. The molecule has 1 amide bonds. The van der Waals surface area contributed by atoms with Crippen molar-refractivity contribution in [3.05, 3.63) is 45.8 Å². The first-order valence-electron chi connectivity index (χ1n) is 7.33. The van der Waals surface area contributed by atoms with E-state index in [0.29, 0.717) is 22.5 Å². The summed E-state index contributed by atoms with van der Waals surface area (Å²) >= 11 is 1.34. The molecule has 0 saturated heterocycles. The molecule has 0 radical (unpaired) electrons. The van der Waals surface area contributed by atoms with E-state index in [-0.39, 0.29) is 11.5 Å². The van der Waals surface area contributed by atoms with Gasteiger partial charge in [-0.25, -0.2) is 4.98 Å². The molecule has 3 rings (SSSR count). The van der Waals surface area contributed by atoms with Crippen molar-refractivity contribution >= 4 is 28.1 Å². The maximum atomic E-state index is 13.2. The van der Waals surface area contributed by atoms with Crippen LogP contribution in [0, 0.1) is 17.3 Å². The molecule has 1 aliphatic rings. The molecule has 2 aromatic rings. The number of thiophene rings is 1. The van der Waals surface area contributed by atoms with Crippen LogP contribution in [0.1, 0.15) is 40.5 Å². The smallest absolute Gasteiger partial charge is 0.255 e. The number of amidine groups is 1. The van der Waals surface area contributed by atoms with Crippen LogP contribution in [0.2, 0.25) is 0 Å². The monoisotopic (exact) mass is 343 g/mol. The molecule has 0 aliphatic heterocycles. The Kier molecular flexibility index (Phi) is 4.27. The molecular weight excluding hydrogens is 329 g/mol. The molecule has 0 unspecified atom stereocenters. The van der Waals surface area contributed by atoms with Crippen molar-refractivity contribution in [2.45, 2.75) is 25.2 Å². The zero-order valence-electron chi connectivity index (χ0n) is 12.6. The van der Waals surface area contributed by atoms with E-state index >= 15 is 0 Å². The van der Waals surface area contributed by atoms with E-state index in [4.69, 9.17) is 11.5 Å². The molecule has 122 valence electrons. The highest BCUT2D eigenvalue weighted by molar-refractivity contribution is 7.16. The molecule has 8 heteroatoms. The minimum atomic E-state index is -0.699. The largest absolute Gasteiger partial charge is 0.389 e. The number of aliphatic imine (C=N–C) groups is 1. The van der Waals surface area contributed by atoms with Crippen LogP contribution in [0.15, 0.2) is 23.2 Å². The fraction of sp³-hybridized carbons (Fsp3) is 0.250. The van der Waals surface area contributed by atoms with Gasteiger partial charge < -0.3 is 11.5 Å². The zero-order valence-corrected chi connectivity index (χ0v) is 13.4. The quantitative estimate of drug-likeness (QED) is 0.492. The van der Waals surface area contributed by atoms with E-state index in [1.165, 1.54) is 29.5 Å². The first kappa shape index (κ1) is 16.1. The highest BCUT2D eigenvalue weighted by atomic mass is 32.1. The van der Waals surface area contributed by atoms with Gasteiger partial charge in [-0.05, 0) is 37.0 Å². The molecule has 0 fully saturated rings. The van der Waals surface area contributed by atoms with Gasteiger partial charge in [0.15, 0.2) is 5.84 Å². The minimum Gasteiger partial charge on any atom is -0.389 e. The number of aryl methyl sites for hydroxylation is 1. The van der Waals surface area contributed by atoms with Crippen molar-refractivity contribution in [3.63, 3.8) is 0 Å². The van der Waals surface area contributed by atoms with Crippen LogP contribution >= 0.6 is 11.3 Å². The van der Waals surface area contributed by atoms with Gasteiger partial charge in [0.2, 0.25) is 5.95 Å². The van der Waals surface area contributed by atoms with Gasteiger partial charge in [-0.2, -0.15) is 14.6 Å². The molecule has 24 heavy (non-hydrogen) atoms. The number of carbonyl (C=O) groups is 1. The average Bonchev–Trinajstić information content (AvgIpc) is 2.89. The van der Waals surface area contributed by atoms with Gasteiger partial charge in [-0.1, -0.05) is 6.07 Å². The number of amides is 1. The number of pyridine rings is 1. The van der Waals surface area contributed by atoms with E-state index in [1.807, 2.05) is 0 Å². The number of carbonyl (C=O) groups excluding carboxylic acids is 1. The normalized spacial score (nSPS) is 17.2. The topological polar surface area (TPSA) is 118 Å². The molecular formula is C16H14FN5OS. The predicted molar refractivity (Wildman–Crippen MR) is 89.1 cm³/mol. The summed E-state index contributed by atoms with van der Waals surface area (Å²) in [6, 6.07) is 6.17. The Bertz CT molecular complexity index is 883. The van der Waals surface area contributed by atoms with Crippen molar-refractivity contribution in [2.24, 2.45) is 10.7 Å². The summed E-state index contributed by atoms with van der Waals surface area (Å²) in [6.07, 6.45) is 2.17. The van der Waals surface area contributed by atoms with Crippen molar-refractivity contribution in [1.82, 2.24) is 4.98 Å².